The molecule has 0 fully saturated rings. The molecule has 0 aliphatic rings. The third-order valence-electron chi connectivity index (χ3n) is 3.69. The molecular weight excluding hydrogens is 342 g/mol. The van der Waals surface area contributed by atoms with Crippen molar-refractivity contribution in [2.75, 3.05) is 14.2 Å². The van der Waals surface area contributed by atoms with Crippen LogP contribution in [-0.2, 0) is 16.0 Å². The lowest BCUT2D eigenvalue weighted by Crippen LogP contribution is -2.29. The highest BCUT2D eigenvalue weighted by atomic mass is 32.1. The first-order chi connectivity index (χ1) is 12.0. The summed E-state index contributed by atoms with van der Waals surface area (Å²) in [6.45, 7) is 0. The number of hydrogen-bond donors (Lipinski definition) is 2. The van der Waals surface area contributed by atoms with Crippen LogP contribution in [0, 0.1) is 0 Å². The number of ether oxygens (including phenoxy) is 2. The molecule has 2 N–H and O–H groups in total. The molecule has 134 valence electrons. The number of carbonyl (C=O) groups excluding carboxylic acids is 1. The summed E-state index contributed by atoms with van der Waals surface area (Å²) >= 11 is 1.43. The Bertz CT molecular complexity index is 714. The minimum Gasteiger partial charge on any atom is -0.493 e. The molecule has 0 spiro atoms. The molecule has 1 atom stereocenters. The van der Waals surface area contributed by atoms with E-state index in [0.717, 1.165) is 10.4 Å². The van der Waals surface area contributed by atoms with E-state index < -0.39 is 12.0 Å². The summed E-state index contributed by atoms with van der Waals surface area (Å²) in [6.07, 6.45) is 0.649. The van der Waals surface area contributed by atoms with Gasteiger partial charge in [0.25, 0.3) is 0 Å². The van der Waals surface area contributed by atoms with Crippen LogP contribution < -0.4 is 14.8 Å². The van der Waals surface area contributed by atoms with E-state index in [9.17, 15) is 9.59 Å². The van der Waals surface area contributed by atoms with Gasteiger partial charge in [0.1, 0.15) is 0 Å². The fourth-order valence-corrected chi connectivity index (χ4v) is 3.23. The number of nitrogens with one attached hydrogen (secondary N) is 1. The molecule has 0 bridgehead atoms. The van der Waals surface area contributed by atoms with Gasteiger partial charge in [-0.2, -0.15) is 0 Å². The van der Waals surface area contributed by atoms with E-state index in [-0.39, 0.29) is 18.7 Å². The molecule has 25 heavy (non-hydrogen) atoms. The van der Waals surface area contributed by atoms with Crippen LogP contribution in [0.4, 0.5) is 0 Å². The van der Waals surface area contributed by atoms with Crippen molar-refractivity contribution in [3.63, 3.8) is 0 Å². The maximum absolute atomic E-state index is 12.2. The highest BCUT2D eigenvalue weighted by Gasteiger charge is 2.19. The second kappa shape index (κ2) is 9.08. The van der Waals surface area contributed by atoms with Crippen LogP contribution in [0.3, 0.4) is 0 Å². The van der Waals surface area contributed by atoms with Crippen molar-refractivity contribution < 1.29 is 24.2 Å². The smallest absolute Gasteiger partial charge is 0.305 e. The first-order valence-electron chi connectivity index (χ1n) is 7.79. The number of rotatable bonds is 9. The van der Waals surface area contributed by atoms with Gasteiger partial charge in [-0.25, -0.2) is 0 Å². The molecular formula is C18H21NO5S. The first-order valence-corrected chi connectivity index (χ1v) is 8.67. The molecule has 1 aromatic heterocycles. The third-order valence-corrected chi connectivity index (χ3v) is 4.68. The van der Waals surface area contributed by atoms with Crippen LogP contribution in [-0.4, -0.2) is 31.2 Å². The van der Waals surface area contributed by atoms with E-state index in [1.807, 2.05) is 29.6 Å². The van der Waals surface area contributed by atoms with Gasteiger partial charge in [0.05, 0.1) is 26.7 Å². The quantitative estimate of drug-likeness (QED) is 0.715. The van der Waals surface area contributed by atoms with Crippen LogP contribution in [0.15, 0.2) is 35.7 Å². The van der Waals surface area contributed by atoms with Gasteiger partial charge >= 0.3 is 5.97 Å². The topological polar surface area (TPSA) is 84.9 Å². The molecule has 1 unspecified atom stereocenters. The number of carbonyl (C=O) groups is 2. The zero-order valence-electron chi connectivity index (χ0n) is 14.2. The predicted octanol–water partition coefficient (Wildman–Crippen LogP) is 3.03. The zero-order chi connectivity index (χ0) is 18.2. The number of methoxy groups -OCH3 is 2. The molecule has 2 rings (SSSR count). The van der Waals surface area contributed by atoms with Crippen LogP contribution >= 0.6 is 11.3 Å². The van der Waals surface area contributed by atoms with Gasteiger partial charge in [0.2, 0.25) is 5.91 Å². The van der Waals surface area contributed by atoms with Crippen molar-refractivity contribution in [3.05, 3.63) is 46.2 Å². The van der Waals surface area contributed by atoms with Crippen molar-refractivity contribution in [1.29, 1.82) is 0 Å². The Balaban J connectivity index is 1.96. The molecule has 2 aromatic rings. The molecule has 1 amide bonds. The molecule has 1 aromatic carbocycles. The molecule has 0 saturated carbocycles. The van der Waals surface area contributed by atoms with Crippen molar-refractivity contribution in [2.24, 2.45) is 0 Å². The average Bonchev–Trinajstić information content (AvgIpc) is 3.13. The summed E-state index contributed by atoms with van der Waals surface area (Å²) in [5.74, 6) is 0.116. The minimum atomic E-state index is -0.946. The number of hydrogen-bond acceptors (Lipinski definition) is 5. The number of carboxylic acid groups (broad SMARTS) is 1. The lowest BCUT2D eigenvalue weighted by atomic mass is 10.1. The van der Waals surface area contributed by atoms with Crippen molar-refractivity contribution in [2.45, 2.75) is 25.3 Å². The largest absolute Gasteiger partial charge is 0.493 e. The summed E-state index contributed by atoms with van der Waals surface area (Å²) < 4.78 is 10.4. The van der Waals surface area contributed by atoms with Crippen LogP contribution in [0.25, 0.3) is 0 Å². The van der Waals surface area contributed by atoms with Gasteiger partial charge < -0.3 is 19.9 Å². The molecule has 0 aliphatic heterocycles. The average molecular weight is 363 g/mol. The van der Waals surface area contributed by atoms with E-state index >= 15 is 0 Å². The molecule has 7 heteroatoms. The fraction of sp³-hybridized carbons (Fsp3) is 0.333. The Morgan fingerprint density at radius 3 is 2.56 bits per heavy atom. The summed E-state index contributed by atoms with van der Waals surface area (Å²) in [5, 5.41) is 13.7. The summed E-state index contributed by atoms with van der Waals surface area (Å²) in [5.41, 5.74) is 0.943. The van der Waals surface area contributed by atoms with Crippen molar-refractivity contribution in [1.82, 2.24) is 5.32 Å². The lowest BCUT2D eigenvalue weighted by Gasteiger charge is -2.15. The maximum atomic E-state index is 12.2. The molecule has 1 heterocycles. The zero-order valence-corrected chi connectivity index (χ0v) is 15.0. The minimum absolute atomic E-state index is 0.136. The SMILES string of the molecule is COc1ccc(CCC(=O)NC(CC(=O)O)c2cccs2)cc1OC. The van der Waals surface area contributed by atoms with Gasteiger partial charge in [0.15, 0.2) is 11.5 Å². The van der Waals surface area contributed by atoms with Gasteiger partial charge in [-0.1, -0.05) is 12.1 Å². The standard InChI is InChI=1S/C18H21NO5S/c1-23-14-7-5-12(10-15(14)24-2)6-8-17(20)19-13(11-18(21)22)16-4-3-9-25-16/h3-5,7,9-10,13H,6,8,11H2,1-2H3,(H,19,20)(H,21,22). The second-order valence-corrected chi connectivity index (χ2v) is 6.40. The van der Waals surface area contributed by atoms with Crippen molar-refractivity contribution in [3.8, 4) is 11.5 Å². The molecule has 0 saturated heterocycles. The van der Waals surface area contributed by atoms with Gasteiger partial charge in [-0.3, -0.25) is 9.59 Å². The highest BCUT2D eigenvalue weighted by Crippen LogP contribution is 2.28. The molecule has 0 aliphatic carbocycles. The number of aliphatic carboxylic acids is 1. The lowest BCUT2D eigenvalue weighted by molar-refractivity contribution is -0.137. The Labute approximate surface area is 150 Å². The van der Waals surface area contributed by atoms with E-state index in [2.05, 4.69) is 5.32 Å². The van der Waals surface area contributed by atoms with Crippen molar-refractivity contribution >= 4 is 23.2 Å². The van der Waals surface area contributed by atoms with E-state index in [1.165, 1.54) is 11.3 Å². The van der Waals surface area contributed by atoms with Crippen LogP contribution in [0.2, 0.25) is 0 Å². The normalized spacial score (nSPS) is 11.6. The van der Waals surface area contributed by atoms with Crippen LogP contribution in [0.1, 0.15) is 29.3 Å². The summed E-state index contributed by atoms with van der Waals surface area (Å²) in [7, 11) is 3.13. The number of benzene rings is 1. The van der Waals surface area contributed by atoms with Crippen LogP contribution in [0.5, 0.6) is 11.5 Å². The van der Waals surface area contributed by atoms with Gasteiger partial charge in [-0.15, -0.1) is 11.3 Å². The maximum Gasteiger partial charge on any atom is 0.305 e. The Hall–Kier alpha value is -2.54. The summed E-state index contributed by atoms with van der Waals surface area (Å²) in [4.78, 5) is 24.1. The number of aryl methyl sites for hydroxylation is 1. The number of carboxylic acids is 1. The van der Waals surface area contributed by atoms with Gasteiger partial charge in [-0.05, 0) is 35.6 Å². The fourth-order valence-electron chi connectivity index (χ4n) is 2.45. The second-order valence-electron chi connectivity index (χ2n) is 5.42. The van der Waals surface area contributed by atoms with E-state index in [4.69, 9.17) is 14.6 Å². The first kappa shape index (κ1) is 18.8. The Morgan fingerprint density at radius 2 is 1.96 bits per heavy atom. The molecule has 0 radical (unpaired) electrons. The van der Waals surface area contributed by atoms with E-state index in [1.54, 1.807) is 20.3 Å². The summed E-state index contributed by atoms with van der Waals surface area (Å²) in [6, 6.07) is 8.67. The number of thiophene rings is 1. The predicted molar refractivity (Wildman–Crippen MR) is 95.3 cm³/mol. The third kappa shape index (κ3) is 5.49. The Kier molecular flexibility index (Phi) is 6.82. The van der Waals surface area contributed by atoms with Gasteiger partial charge in [0, 0.05) is 11.3 Å². The highest BCUT2D eigenvalue weighted by molar-refractivity contribution is 7.10. The monoisotopic (exact) mass is 363 g/mol. The van der Waals surface area contributed by atoms with E-state index in [0.29, 0.717) is 17.9 Å². The number of amides is 1. The molecule has 6 nitrogen and oxygen atoms in total. The Morgan fingerprint density at radius 1 is 1.20 bits per heavy atom.